The maximum Gasteiger partial charge on any atom is 0.252 e. The van der Waals surface area contributed by atoms with Crippen LogP contribution in [0.2, 0.25) is 0 Å². The Balaban J connectivity index is 1.97. The van der Waals surface area contributed by atoms with Crippen molar-refractivity contribution in [2.24, 2.45) is 0 Å². The molecule has 0 bridgehead atoms. The van der Waals surface area contributed by atoms with Crippen LogP contribution in [-0.4, -0.2) is 50.8 Å². The number of rotatable bonds is 6. The number of hydrogen-bond donors (Lipinski definition) is 0. The Morgan fingerprint density at radius 3 is 2.63 bits per heavy atom. The zero-order valence-corrected chi connectivity index (χ0v) is 13.4. The highest BCUT2D eigenvalue weighted by Gasteiger charge is 2.23. The summed E-state index contributed by atoms with van der Waals surface area (Å²) in [6, 6.07) is 3.42. The van der Waals surface area contributed by atoms with Crippen LogP contribution >= 0.6 is 22.9 Å². The van der Waals surface area contributed by atoms with Crippen molar-refractivity contribution < 1.29 is 8.42 Å². The second-order valence-corrected chi connectivity index (χ2v) is 8.44. The highest BCUT2D eigenvalue weighted by Crippen LogP contribution is 2.25. The first-order valence-electron chi connectivity index (χ1n) is 6.37. The fourth-order valence-corrected chi connectivity index (χ4v) is 4.96. The summed E-state index contributed by atoms with van der Waals surface area (Å²) in [6.07, 6.45) is 2.45. The molecule has 0 aromatic carbocycles. The quantitative estimate of drug-likeness (QED) is 0.754. The van der Waals surface area contributed by atoms with Gasteiger partial charge in [0.1, 0.15) is 4.21 Å². The Hall–Kier alpha value is -0.140. The number of alkyl halides is 1. The van der Waals surface area contributed by atoms with E-state index in [0.29, 0.717) is 16.6 Å². The van der Waals surface area contributed by atoms with Gasteiger partial charge in [0.05, 0.1) is 5.88 Å². The number of hydrogen-bond acceptors (Lipinski definition) is 4. The van der Waals surface area contributed by atoms with E-state index in [4.69, 9.17) is 11.6 Å². The number of sulfonamides is 1. The molecule has 0 saturated carbocycles. The molecule has 1 aliphatic heterocycles. The van der Waals surface area contributed by atoms with Gasteiger partial charge in [-0.25, -0.2) is 8.42 Å². The first-order chi connectivity index (χ1) is 9.04. The van der Waals surface area contributed by atoms with Crippen molar-refractivity contribution in [2.45, 2.75) is 22.9 Å². The van der Waals surface area contributed by atoms with Crippen molar-refractivity contribution in [3.8, 4) is 0 Å². The number of likely N-dealkylation sites (tertiary alicyclic amines) is 1. The topological polar surface area (TPSA) is 40.6 Å². The third-order valence-corrected chi connectivity index (χ3v) is 7.22. The Morgan fingerprint density at radius 2 is 2.05 bits per heavy atom. The molecule has 0 N–H and O–H groups in total. The molecule has 0 unspecified atom stereocenters. The number of likely N-dealkylation sites (N-methyl/N-ethyl adjacent to an activating group) is 1. The average molecular weight is 323 g/mol. The molecule has 1 aromatic rings. The Morgan fingerprint density at radius 1 is 1.37 bits per heavy atom. The van der Waals surface area contributed by atoms with Crippen molar-refractivity contribution in [2.75, 3.05) is 33.2 Å². The Labute approximate surface area is 124 Å². The summed E-state index contributed by atoms with van der Waals surface area (Å²) in [6.45, 7) is 3.52. The third kappa shape index (κ3) is 3.70. The molecule has 7 heteroatoms. The maximum absolute atomic E-state index is 12.3. The van der Waals surface area contributed by atoms with E-state index in [-0.39, 0.29) is 0 Å². The summed E-state index contributed by atoms with van der Waals surface area (Å²) in [5.41, 5.74) is 0. The van der Waals surface area contributed by atoms with Crippen LogP contribution in [-0.2, 0) is 15.9 Å². The van der Waals surface area contributed by atoms with E-state index in [2.05, 4.69) is 4.90 Å². The van der Waals surface area contributed by atoms with E-state index in [9.17, 15) is 8.42 Å². The van der Waals surface area contributed by atoms with Crippen LogP contribution in [0.15, 0.2) is 16.3 Å². The van der Waals surface area contributed by atoms with Gasteiger partial charge in [-0.3, -0.25) is 0 Å². The minimum atomic E-state index is -3.35. The molecule has 0 aliphatic carbocycles. The smallest absolute Gasteiger partial charge is 0.252 e. The standard InChI is InChI=1S/C12H19ClN2O2S2/c1-14(8-9-15-6-2-3-7-15)19(16,17)12-5-4-11(10-13)18-12/h4-5H,2-3,6-10H2,1H3. The van der Waals surface area contributed by atoms with E-state index in [1.165, 1.54) is 28.5 Å². The van der Waals surface area contributed by atoms with Crippen LogP contribution in [0.4, 0.5) is 0 Å². The largest absolute Gasteiger partial charge is 0.302 e. The number of halogens is 1. The van der Waals surface area contributed by atoms with Gasteiger partial charge < -0.3 is 4.90 Å². The molecule has 19 heavy (non-hydrogen) atoms. The minimum Gasteiger partial charge on any atom is -0.302 e. The first-order valence-corrected chi connectivity index (χ1v) is 9.16. The Kier molecular flexibility index (Phi) is 5.25. The van der Waals surface area contributed by atoms with Crippen molar-refractivity contribution in [1.29, 1.82) is 0 Å². The van der Waals surface area contributed by atoms with E-state index in [0.717, 1.165) is 24.5 Å². The molecule has 0 radical (unpaired) electrons. The van der Waals surface area contributed by atoms with Gasteiger partial charge in [-0.15, -0.1) is 22.9 Å². The van der Waals surface area contributed by atoms with Gasteiger partial charge in [0, 0.05) is 25.0 Å². The molecule has 0 amide bonds. The molecule has 2 heterocycles. The summed E-state index contributed by atoms with van der Waals surface area (Å²) in [5, 5.41) is 0. The van der Waals surface area contributed by atoms with Crippen molar-refractivity contribution >= 4 is 33.0 Å². The second-order valence-electron chi connectivity index (χ2n) is 4.73. The lowest BCUT2D eigenvalue weighted by Crippen LogP contribution is -2.34. The summed E-state index contributed by atoms with van der Waals surface area (Å²) in [7, 11) is -1.71. The predicted molar refractivity (Wildman–Crippen MR) is 79.4 cm³/mol. The molecule has 108 valence electrons. The SMILES string of the molecule is CN(CCN1CCCC1)S(=O)(=O)c1ccc(CCl)s1. The summed E-state index contributed by atoms with van der Waals surface area (Å²) in [4.78, 5) is 3.19. The summed E-state index contributed by atoms with van der Waals surface area (Å²) >= 11 is 6.96. The van der Waals surface area contributed by atoms with Crippen LogP contribution in [0, 0.1) is 0 Å². The van der Waals surface area contributed by atoms with Gasteiger partial charge in [0.25, 0.3) is 10.0 Å². The van der Waals surface area contributed by atoms with Crippen molar-refractivity contribution in [1.82, 2.24) is 9.21 Å². The molecule has 2 rings (SSSR count). The molecule has 4 nitrogen and oxygen atoms in total. The van der Waals surface area contributed by atoms with E-state index in [1.807, 2.05) is 0 Å². The summed E-state index contributed by atoms with van der Waals surface area (Å²) < 4.78 is 26.5. The van der Waals surface area contributed by atoms with Crippen LogP contribution in [0.1, 0.15) is 17.7 Å². The number of nitrogens with zero attached hydrogens (tertiary/aromatic N) is 2. The lowest BCUT2D eigenvalue weighted by Gasteiger charge is -2.20. The molecule has 1 saturated heterocycles. The van der Waals surface area contributed by atoms with Crippen LogP contribution < -0.4 is 0 Å². The summed E-state index contributed by atoms with van der Waals surface area (Å²) in [5.74, 6) is 0.359. The van der Waals surface area contributed by atoms with Gasteiger partial charge >= 0.3 is 0 Å². The average Bonchev–Trinajstić information content (AvgIpc) is 3.06. The second kappa shape index (κ2) is 6.54. The van der Waals surface area contributed by atoms with Gasteiger partial charge in [0.15, 0.2) is 0 Å². The fraction of sp³-hybridized carbons (Fsp3) is 0.667. The van der Waals surface area contributed by atoms with Gasteiger partial charge in [-0.05, 0) is 38.1 Å². The fourth-order valence-electron chi connectivity index (χ4n) is 2.13. The molecule has 0 spiro atoms. The Bertz CT molecular complexity index is 510. The maximum atomic E-state index is 12.3. The van der Waals surface area contributed by atoms with Crippen LogP contribution in [0.3, 0.4) is 0 Å². The van der Waals surface area contributed by atoms with Gasteiger partial charge in [-0.2, -0.15) is 4.31 Å². The monoisotopic (exact) mass is 322 g/mol. The van der Waals surface area contributed by atoms with Gasteiger partial charge in [0.2, 0.25) is 0 Å². The molecule has 1 aliphatic rings. The molecular weight excluding hydrogens is 304 g/mol. The van der Waals surface area contributed by atoms with Crippen LogP contribution in [0.25, 0.3) is 0 Å². The molecule has 0 atom stereocenters. The molecule has 1 aromatic heterocycles. The first kappa shape index (κ1) is 15.3. The highest BCUT2D eigenvalue weighted by atomic mass is 35.5. The molecule has 1 fully saturated rings. The van der Waals surface area contributed by atoms with Crippen molar-refractivity contribution in [3.63, 3.8) is 0 Å². The predicted octanol–water partition coefficient (Wildman–Crippen LogP) is 2.20. The molecular formula is C12H19ClN2O2S2. The highest BCUT2D eigenvalue weighted by molar-refractivity contribution is 7.91. The van der Waals surface area contributed by atoms with Crippen LogP contribution in [0.5, 0.6) is 0 Å². The van der Waals surface area contributed by atoms with E-state index in [1.54, 1.807) is 19.2 Å². The van der Waals surface area contributed by atoms with E-state index < -0.39 is 10.0 Å². The number of thiophene rings is 1. The zero-order valence-electron chi connectivity index (χ0n) is 11.0. The third-order valence-electron chi connectivity index (χ3n) is 3.36. The van der Waals surface area contributed by atoms with Gasteiger partial charge in [-0.1, -0.05) is 0 Å². The minimum absolute atomic E-state index is 0.359. The normalized spacial score (nSPS) is 17.4. The van der Waals surface area contributed by atoms with Crippen molar-refractivity contribution in [3.05, 3.63) is 17.0 Å². The zero-order chi connectivity index (χ0) is 13.9. The lowest BCUT2D eigenvalue weighted by molar-refractivity contribution is 0.310. The lowest BCUT2D eigenvalue weighted by atomic mass is 10.4. The van der Waals surface area contributed by atoms with E-state index >= 15 is 0 Å².